The van der Waals surface area contributed by atoms with Crippen LogP contribution in [0.3, 0.4) is 0 Å². The fourth-order valence-electron chi connectivity index (χ4n) is 1.59. The quantitative estimate of drug-likeness (QED) is 0.906. The number of benzene rings is 1. The molecule has 0 fully saturated rings. The first kappa shape index (κ1) is 13.8. The monoisotopic (exact) mass is 286 g/mol. The molecule has 6 heteroatoms. The zero-order valence-corrected chi connectivity index (χ0v) is 11.2. The normalized spacial score (nSPS) is 9.80. The van der Waals surface area contributed by atoms with Crippen LogP contribution in [0.25, 0.3) is 0 Å². The predicted molar refractivity (Wildman–Crippen MR) is 77.2 cm³/mol. The largest absolute Gasteiger partial charge is 0.397 e. The van der Waals surface area contributed by atoms with E-state index in [1.807, 2.05) is 6.07 Å². The van der Waals surface area contributed by atoms with Gasteiger partial charge in [-0.2, -0.15) is 5.26 Å². The molecule has 1 aromatic carbocycles. The Labute approximate surface area is 121 Å². The molecule has 0 aliphatic carbocycles. The van der Waals surface area contributed by atoms with Crippen molar-refractivity contribution >= 4 is 28.9 Å². The second-order valence-corrected chi connectivity index (χ2v) is 4.52. The van der Waals surface area contributed by atoms with Crippen LogP contribution in [0.2, 0.25) is 5.02 Å². The second-order valence-electron chi connectivity index (χ2n) is 4.11. The molecule has 1 aromatic heterocycles. The van der Waals surface area contributed by atoms with Gasteiger partial charge in [0.25, 0.3) is 0 Å². The summed E-state index contributed by atoms with van der Waals surface area (Å²) in [5.74, 6) is -0.265. The van der Waals surface area contributed by atoms with Crippen LogP contribution in [-0.2, 0) is 11.2 Å². The Morgan fingerprint density at radius 1 is 1.40 bits per heavy atom. The third-order valence-electron chi connectivity index (χ3n) is 2.56. The first-order valence-corrected chi connectivity index (χ1v) is 6.16. The summed E-state index contributed by atoms with van der Waals surface area (Å²) in [5.41, 5.74) is 7.50. The second kappa shape index (κ2) is 6.04. The van der Waals surface area contributed by atoms with E-state index in [1.165, 1.54) is 12.3 Å². The number of nitrogens with zero attached hydrogens (tertiary/aromatic N) is 2. The van der Waals surface area contributed by atoms with Gasteiger partial charge in [0, 0.05) is 5.69 Å². The van der Waals surface area contributed by atoms with Gasteiger partial charge in [0.2, 0.25) is 5.91 Å². The van der Waals surface area contributed by atoms with Crippen molar-refractivity contribution in [2.75, 3.05) is 11.1 Å². The zero-order chi connectivity index (χ0) is 14.5. The van der Waals surface area contributed by atoms with Gasteiger partial charge in [0.15, 0.2) is 0 Å². The van der Waals surface area contributed by atoms with E-state index in [4.69, 9.17) is 22.6 Å². The summed E-state index contributed by atoms with van der Waals surface area (Å²) in [5, 5.41) is 11.9. The van der Waals surface area contributed by atoms with Crippen molar-refractivity contribution in [3.63, 3.8) is 0 Å². The number of carbonyl (C=O) groups is 1. The maximum Gasteiger partial charge on any atom is 0.230 e. The maximum atomic E-state index is 11.9. The molecule has 0 aliphatic rings. The number of nitrogens with one attached hydrogen (secondary N) is 1. The lowest BCUT2D eigenvalue weighted by Crippen LogP contribution is -2.15. The van der Waals surface area contributed by atoms with Gasteiger partial charge in [0.1, 0.15) is 0 Å². The molecular weight excluding hydrogens is 276 g/mol. The smallest absolute Gasteiger partial charge is 0.230 e. The SMILES string of the molecule is N#Cc1ccc(Cl)c(NC(=O)Cc2ccc(N)cn2)c1. The number of anilines is 2. The van der Waals surface area contributed by atoms with Crippen LogP contribution in [0.15, 0.2) is 36.5 Å². The molecular formula is C14H11ClN4O. The zero-order valence-electron chi connectivity index (χ0n) is 10.4. The van der Waals surface area contributed by atoms with Crippen LogP contribution in [0.1, 0.15) is 11.3 Å². The van der Waals surface area contributed by atoms with Crippen molar-refractivity contribution in [2.45, 2.75) is 6.42 Å². The van der Waals surface area contributed by atoms with Gasteiger partial charge in [-0.3, -0.25) is 9.78 Å². The number of nitriles is 1. The molecule has 5 nitrogen and oxygen atoms in total. The average molecular weight is 287 g/mol. The average Bonchev–Trinajstić information content (AvgIpc) is 2.44. The Bertz CT molecular complexity index is 677. The lowest BCUT2D eigenvalue weighted by molar-refractivity contribution is -0.115. The minimum absolute atomic E-state index is 0.105. The van der Waals surface area contributed by atoms with Gasteiger partial charge in [-0.25, -0.2) is 0 Å². The standard InChI is InChI=1S/C14H11ClN4O/c15-12-4-1-9(7-16)5-13(12)19-14(20)6-11-3-2-10(17)8-18-11/h1-5,8H,6,17H2,(H,19,20). The topological polar surface area (TPSA) is 91.8 Å². The van der Waals surface area contributed by atoms with E-state index in [0.717, 1.165) is 0 Å². The molecule has 20 heavy (non-hydrogen) atoms. The van der Waals surface area contributed by atoms with Crippen molar-refractivity contribution in [1.82, 2.24) is 4.98 Å². The van der Waals surface area contributed by atoms with Gasteiger partial charge in [-0.1, -0.05) is 11.6 Å². The fourth-order valence-corrected chi connectivity index (χ4v) is 1.75. The number of aromatic nitrogens is 1. The van der Waals surface area contributed by atoms with Crippen molar-refractivity contribution in [3.8, 4) is 6.07 Å². The number of amides is 1. The van der Waals surface area contributed by atoms with Gasteiger partial charge in [-0.05, 0) is 30.3 Å². The predicted octanol–water partition coefficient (Wildman–Crippen LogP) is 2.37. The number of nitrogens with two attached hydrogens (primary N) is 1. The summed E-state index contributed by atoms with van der Waals surface area (Å²) in [6, 6.07) is 10.0. The van der Waals surface area contributed by atoms with Crippen molar-refractivity contribution in [1.29, 1.82) is 5.26 Å². The highest BCUT2D eigenvalue weighted by Gasteiger charge is 2.08. The molecule has 0 aliphatic heterocycles. The van der Waals surface area contributed by atoms with Gasteiger partial charge < -0.3 is 11.1 Å². The first-order chi connectivity index (χ1) is 9.58. The molecule has 3 N–H and O–H groups in total. The van der Waals surface area contributed by atoms with Crippen molar-refractivity contribution < 1.29 is 4.79 Å². The number of pyridine rings is 1. The summed E-state index contributed by atoms with van der Waals surface area (Å²) in [4.78, 5) is 15.9. The van der Waals surface area contributed by atoms with Gasteiger partial charge in [-0.15, -0.1) is 0 Å². The highest BCUT2D eigenvalue weighted by Crippen LogP contribution is 2.22. The molecule has 0 spiro atoms. The highest BCUT2D eigenvalue weighted by atomic mass is 35.5. The van der Waals surface area contributed by atoms with E-state index < -0.39 is 0 Å². The van der Waals surface area contributed by atoms with Crippen LogP contribution in [0, 0.1) is 11.3 Å². The summed E-state index contributed by atoms with van der Waals surface area (Å²) < 4.78 is 0. The minimum atomic E-state index is -0.265. The van der Waals surface area contributed by atoms with E-state index in [9.17, 15) is 4.79 Å². The molecule has 0 radical (unpaired) electrons. The number of hydrogen-bond donors (Lipinski definition) is 2. The molecule has 100 valence electrons. The van der Waals surface area contributed by atoms with E-state index >= 15 is 0 Å². The molecule has 0 unspecified atom stereocenters. The molecule has 2 rings (SSSR count). The number of carbonyl (C=O) groups excluding carboxylic acids is 1. The summed E-state index contributed by atoms with van der Waals surface area (Å²) in [7, 11) is 0. The summed E-state index contributed by atoms with van der Waals surface area (Å²) >= 11 is 5.96. The van der Waals surface area contributed by atoms with Crippen LogP contribution in [0.4, 0.5) is 11.4 Å². The molecule has 1 amide bonds. The Kier molecular flexibility index (Phi) is 4.18. The van der Waals surface area contributed by atoms with E-state index in [0.29, 0.717) is 27.7 Å². The third kappa shape index (κ3) is 3.46. The minimum Gasteiger partial charge on any atom is -0.397 e. The lowest BCUT2D eigenvalue weighted by Gasteiger charge is -2.07. The molecule has 2 aromatic rings. The highest BCUT2D eigenvalue weighted by molar-refractivity contribution is 6.33. The number of hydrogen-bond acceptors (Lipinski definition) is 4. The molecule has 0 saturated heterocycles. The Morgan fingerprint density at radius 3 is 2.85 bits per heavy atom. The number of rotatable bonds is 3. The summed E-state index contributed by atoms with van der Waals surface area (Å²) in [6.07, 6.45) is 1.60. The van der Waals surface area contributed by atoms with Gasteiger partial charge >= 0.3 is 0 Å². The molecule has 0 atom stereocenters. The first-order valence-electron chi connectivity index (χ1n) is 5.78. The van der Waals surface area contributed by atoms with Crippen LogP contribution in [0.5, 0.6) is 0 Å². The maximum absolute atomic E-state index is 11.9. The van der Waals surface area contributed by atoms with E-state index in [1.54, 1.807) is 24.3 Å². The van der Waals surface area contributed by atoms with Crippen LogP contribution >= 0.6 is 11.6 Å². The fraction of sp³-hybridized carbons (Fsp3) is 0.0714. The van der Waals surface area contributed by atoms with Crippen molar-refractivity contribution in [3.05, 3.63) is 52.8 Å². The van der Waals surface area contributed by atoms with E-state index in [2.05, 4.69) is 10.3 Å². The Morgan fingerprint density at radius 2 is 2.20 bits per heavy atom. The number of nitrogen functional groups attached to an aromatic ring is 1. The number of halogens is 1. The Hall–Kier alpha value is -2.58. The third-order valence-corrected chi connectivity index (χ3v) is 2.89. The van der Waals surface area contributed by atoms with E-state index in [-0.39, 0.29) is 12.3 Å². The van der Waals surface area contributed by atoms with Crippen molar-refractivity contribution in [2.24, 2.45) is 0 Å². The lowest BCUT2D eigenvalue weighted by atomic mass is 10.2. The molecule has 0 bridgehead atoms. The summed E-state index contributed by atoms with van der Waals surface area (Å²) in [6.45, 7) is 0. The Balaban J connectivity index is 2.08. The molecule has 0 saturated carbocycles. The van der Waals surface area contributed by atoms with Crippen LogP contribution in [-0.4, -0.2) is 10.9 Å². The molecule has 1 heterocycles. The van der Waals surface area contributed by atoms with Crippen LogP contribution < -0.4 is 11.1 Å². The van der Waals surface area contributed by atoms with Gasteiger partial charge in [0.05, 0.1) is 40.6 Å².